The molecule has 3 heterocycles. The van der Waals surface area contributed by atoms with Crippen LogP contribution >= 0.6 is 11.6 Å². The molecule has 1 fully saturated rings. The first kappa shape index (κ1) is 30.0. The third kappa shape index (κ3) is 7.68. The van der Waals surface area contributed by atoms with E-state index in [1.807, 2.05) is 12.1 Å². The van der Waals surface area contributed by atoms with Crippen LogP contribution in [0.3, 0.4) is 0 Å². The Labute approximate surface area is 253 Å². The fourth-order valence-corrected chi connectivity index (χ4v) is 4.95. The summed E-state index contributed by atoms with van der Waals surface area (Å²) in [6, 6.07) is 12.1. The molecule has 0 atom stereocenters. The fraction of sp³-hybridized carbons (Fsp3) is 0.290. The predicted octanol–water partition coefficient (Wildman–Crippen LogP) is 5.91. The number of aromatic nitrogens is 2. The molecule has 43 heavy (non-hydrogen) atoms. The van der Waals surface area contributed by atoms with Crippen molar-refractivity contribution in [2.24, 2.45) is 5.92 Å². The number of piperidine rings is 1. The molecule has 12 heteroatoms. The number of fused-ring (bicyclic) bond motifs is 1. The minimum Gasteiger partial charge on any atom is -0.491 e. The number of nitrogens with zero attached hydrogens (tertiary/aromatic N) is 3. The molecule has 2 N–H and O–H groups in total. The van der Waals surface area contributed by atoms with Gasteiger partial charge in [-0.2, -0.15) is 0 Å². The van der Waals surface area contributed by atoms with E-state index in [4.69, 9.17) is 25.8 Å². The molecule has 0 spiro atoms. The zero-order valence-corrected chi connectivity index (χ0v) is 24.5. The minimum absolute atomic E-state index is 0.114. The number of carbonyl (C=O) groups excluding carboxylic acids is 2. The highest BCUT2D eigenvalue weighted by Gasteiger charge is 2.20. The van der Waals surface area contributed by atoms with Gasteiger partial charge in [0.2, 0.25) is 17.7 Å². The van der Waals surface area contributed by atoms with Gasteiger partial charge in [0.25, 0.3) is 0 Å². The van der Waals surface area contributed by atoms with Crippen LogP contribution in [0, 0.1) is 11.7 Å². The summed E-state index contributed by atoms with van der Waals surface area (Å²) in [5.41, 5.74) is 1.23. The monoisotopic (exact) mass is 607 g/mol. The summed E-state index contributed by atoms with van der Waals surface area (Å²) >= 11 is 6.44. The summed E-state index contributed by atoms with van der Waals surface area (Å²) < 4.78 is 30.9. The number of hydrogen-bond donors (Lipinski definition) is 2. The minimum atomic E-state index is -0.577. The standard InChI is InChI=1S/C31H31ClFN5O5/c1-38-13-10-19(11-14-38)18-42-26-8-7-23-25(9-12-34-29(23)30(26)41-2)43-31-24(32)15-22(17-35-31)37-28(40)16-27(39)36-21-5-3-20(33)4-6-21/h3-9,12,15,17,19H,10-11,13-14,16,18H2,1-2H3,(H,36,39)(H,37,40). The van der Waals surface area contributed by atoms with Gasteiger partial charge in [0.05, 0.1) is 25.6 Å². The molecule has 0 unspecified atom stereocenters. The number of halogens is 2. The molecule has 4 aromatic rings. The molecule has 0 aliphatic carbocycles. The summed E-state index contributed by atoms with van der Waals surface area (Å²) in [7, 11) is 3.70. The molecule has 0 saturated carbocycles. The molecule has 0 radical (unpaired) electrons. The fourth-order valence-electron chi connectivity index (χ4n) is 4.75. The molecule has 0 bridgehead atoms. The quantitative estimate of drug-likeness (QED) is 0.214. The van der Waals surface area contributed by atoms with Crippen LogP contribution in [0.1, 0.15) is 19.3 Å². The van der Waals surface area contributed by atoms with Gasteiger partial charge in [-0.3, -0.25) is 14.6 Å². The van der Waals surface area contributed by atoms with Crippen molar-refractivity contribution < 1.29 is 28.2 Å². The summed E-state index contributed by atoms with van der Waals surface area (Å²) in [5.74, 6) is 0.612. The molecule has 1 saturated heterocycles. The van der Waals surface area contributed by atoms with E-state index >= 15 is 0 Å². The van der Waals surface area contributed by atoms with E-state index in [1.54, 1.807) is 19.4 Å². The van der Waals surface area contributed by atoms with E-state index in [0.717, 1.165) is 25.9 Å². The van der Waals surface area contributed by atoms with Crippen LogP contribution in [0.25, 0.3) is 10.9 Å². The van der Waals surface area contributed by atoms with Gasteiger partial charge < -0.3 is 29.7 Å². The topological polar surface area (TPSA) is 115 Å². The molecule has 2 aromatic carbocycles. The van der Waals surface area contributed by atoms with Gasteiger partial charge in [-0.15, -0.1) is 0 Å². The third-order valence-corrected chi connectivity index (χ3v) is 7.32. The second-order valence-corrected chi connectivity index (χ2v) is 10.7. The van der Waals surface area contributed by atoms with Crippen LogP contribution in [0.15, 0.2) is 60.9 Å². The largest absolute Gasteiger partial charge is 0.491 e. The average molecular weight is 608 g/mol. The summed E-state index contributed by atoms with van der Waals surface area (Å²) in [5, 5.41) is 5.93. The Morgan fingerprint density at radius 1 is 1.00 bits per heavy atom. The van der Waals surface area contributed by atoms with Gasteiger partial charge in [-0.1, -0.05) is 11.6 Å². The Morgan fingerprint density at radius 2 is 1.72 bits per heavy atom. The van der Waals surface area contributed by atoms with Gasteiger partial charge in [-0.25, -0.2) is 9.37 Å². The number of nitrogens with one attached hydrogen (secondary N) is 2. The lowest BCUT2D eigenvalue weighted by Gasteiger charge is -2.28. The average Bonchev–Trinajstić information content (AvgIpc) is 2.99. The van der Waals surface area contributed by atoms with E-state index in [1.165, 1.54) is 36.5 Å². The van der Waals surface area contributed by atoms with E-state index in [9.17, 15) is 14.0 Å². The maximum absolute atomic E-state index is 13.0. The van der Waals surface area contributed by atoms with Crippen LogP contribution in [0.2, 0.25) is 5.02 Å². The lowest BCUT2D eigenvalue weighted by molar-refractivity contribution is -0.123. The van der Waals surface area contributed by atoms with Crippen molar-refractivity contribution in [3.63, 3.8) is 0 Å². The van der Waals surface area contributed by atoms with Gasteiger partial charge in [0, 0.05) is 17.3 Å². The highest BCUT2D eigenvalue weighted by Crippen LogP contribution is 2.40. The zero-order valence-electron chi connectivity index (χ0n) is 23.7. The van der Waals surface area contributed by atoms with Crippen LogP contribution in [-0.4, -0.2) is 60.5 Å². The van der Waals surface area contributed by atoms with Crippen LogP contribution < -0.4 is 24.8 Å². The Kier molecular flexibility index (Phi) is 9.53. The van der Waals surface area contributed by atoms with E-state index < -0.39 is 24.1 Å². The summed E-state index contributed by atoms with van der Waals surface area (Å²) in [4.78, 5) is 35.6. The normalized spacial score (nSPS) is 13.9. The molecule has 2 aromatic heterocycles. The van der Waals surface area contributed by atoms with Crippen molar-refractivity contribution in [2.75, 3.05) is 44.5 Å². The molecule has 1 aliphatic heterocycles. The molecule has 1 aliphatic rings. The maximum atomic E-state index is 13.0. The lowest BCUT2D eigenvalue weighted by Crippen LogP contribution is -2.32. The van der Waals surface area contributed by atoms with Gasteiger partial charge in [-0.05, 0) is 87.4 Å². The van der Waals surface area contributed by atoms with Crippen molar-refractivity contribution >= 4 is 45.7 Å². The van der Waals surface area contributed by atoms with E-state index in [2.05, 4.69) is 32.5 Å². The van der Waals surface area contributed by atoms with Gasteiger partial charge in [0.15, 0.2) is 11.5 Å². The number of rotatable bonds is 10. The van der Waals surface area contributed by atoms with Crippen LogP contribution in [0.4, 0.5) is 15.8 Å². The number of pyridine rings is 2. The Balaban J connectivity index is 1.23. The van der Waals surface area contributed by atoms with Crippen molar-refractivity contribution in [1.82, 2.24) is 14.9 Å². The first-order valence-corrected chi connectivity index (χ1v) is 14.1. The number of likely N-dealkylation sites (tertiary alicyclic amines) is 1. The molecule has 5 rings (SSSR count). The number of ether oxygens (including phenoxy) is 3. The van der Waals surface area contributed by atoms with Crippen LogP contribution in [0.5, 0.6) is 23.1 Å². The van der Waals surface area contributed by atoms with Crippen molar-refractivity contribution in [3.8, 4) is 23.1 Å². The molecule has 224 valence electrons. The summed E-state index contributed by atoms with van der Waals surface area (Å²) in [6.45, 7) is 2.73. The molecule has 2 amide bonds. The van der Waals surface area contributed by atoms with Crippen molar-refractivity contribution in [2.45, 2.75) is 19.3 Å². The smallest absolute Gasteiger partial charge is 0.238 e. The maximum Gasteiger partial charge on any atom is 0.238 e. The Morgan fingerprint density at radius 3 is 2.42 bits per heavy atom. The van der Waals surface area contributed by atoms with Crippen molar-refractivity contribution in [3.05, 3.63) is 71.8 Å². The highest BCUT2D eigenvalue weighted by molar-refractivity contribution is 6.32. The first-order valence-electron chi connectivity index (χ1n) is 13.7. The molecular formula is C31H31ClFN5O5. The van der Waals surface area contributed by atoms with E-state index in [0.29, 0.717) is 46.4 Å². The Bertz CT molecular complexity index is 1610. The third-order valence-electron chi connectivity index (χ3n) is 7.05. The van der Waals surface area contributed by atoms with E-state index in [-0.39, 0.29) is 16.6 Å². The van der Waals surface area contributed by atoms with Crippen LogP contribution in [-0.2, 0) is 9.59 Å². The number of hydrogen-bond acceptors (Lipinski definition) is 8. The second kappa shape index (κ2) is 13.7. The number of carbonyl (C=O) groups is 2. The first-order chi connectivity index (χ1) is 20.8. The second-order valence-electron chi connectivity index (χ2n) is 10.3. The van der Waals surface area contributed by atoms with Crippen molar-refractivity contribution in [1.29, 1.82) is 0 Å². The number of benzene rings is 2. The predicted molar refractivity (Wildman–Crippen MR) is 162 cm³/mol. The SMILES string of the molecule is COc1c(OCC2CCN(C)CC2)ccc2c(Oc3ncc(NC(=O)CC(=O)Nc4ccc(F)cc4)cc3Cl)ccnc12. The summed E-state index contributed by atoms with van der Waals surface area (Å²) in [6.07, 6.45) is 4.69. The van der Waals surface area contributed by atoms with Gasteiger partial charge >= 0.3 is 0 Å². The van der Waals surface area contributed by atoms with Gasteiger partial charge in [0.1, 0.15) is 28.5 Å². The highest BCUT2D eigenvalue weighted by atomic mass is 35.5. The molecule has 10 nitrogen and oxygen atoms in total. The Hall–Kier alpha value is -4.48. The molecular weight excluding hydrogens is 577 g/mol. The number of methoxy groups -OCH3 is 1. The lowest BCUT2D eigenvalue weighted by atomic mass is 9.98. The zero-order chi connectivity index (χ0) is 30.3. The number of amides is 2. The number of anilines is 2.